The molecule has 0 aliphatic heterocycles. The third-order valence-electron chi connectivity index (χ3n) is 5.24. The van der Waals surface area contributed by atoms with Gasteiger partial charge in [0.2, 0.25) is 5.91 Å². The molecule has 2 rings (SSSR count). The summed E-state index contributed by atoms with van der Waals surface area (Å²) in [5.41, 5.74) is 2.82. The number of rotatable bonds is 9. The predicted octanol–water partition coefficient (Wildman–Crippen LogP) is 5.43. The van der Waals surface area contributed by atoms with E-state index >= 15 is 0 Å². The SMILES string of the molecule is CC[C@H](C)NC(=O)[C@@H](C)N(Cc1ccccc1Cl)C(=O)COc1cc(C)c(Br)c(C)c1. The zero-order valence-electron chi connectivity index (χ0n) is 18.7. The number of hydrogen-bond donors (Lipinski definition) is 1. The van der Waals surface area contributed by atoms with Crippen LogP contribution in [-0.2, 0) is 16.1 Å². The molecule has 0 bridgehead atoms. The van der Waals surface area contributed by atoms with Crippen LogP contribution in [0.5, 0.6) is 5.75 Å². The molecule has 0 fully saturated rings. The Kier molecular flexibility index (Phi) is 9.38. The lowest BCUT2D eigenvalue weighted by molar-refractivity contribution is -0.142. The van der Waals surface area contributed by atoms with Crippen LogP contribution in [0.15, 0.2) is 40.9 Å². The molecule has 7 heteroatoms. The molecule has 0 spiro atoms. The number of halogens is 2. The number of aryl methyl sites for hydroxylation is 2. The highest BCUT2D eigenvalue weighted by atomic mass is 79.9. The molecular formula is C24H30BrClN2O3. The number of benzene rings is 2. The Hall–Kier alpha value is -2.05. The van der Waals surface area contributed by atoms with E-state index in [1.54, 1.807) is 13.0 Å². The van der Waals surface area contributed by atoms with Gasteiger partial charge in [0.1, 0.15) is 11.8 Å². The summed E-state index contributed by atoms with van der Waals surface area (Å²) in [5.74, 6) is 0.121. The smallest absolute Gasteiger partial charge is 0.261 e. The summed E-state index contributed by atoms with van der Waals surface area (Å²) in [5, 5.41) is 3.50. The van der Waals surface area contributed by atoms with Crippen LogP contribution >= 0.6 is 27.5 Å². The Morgan fingerprint density at radius 1 is 1.16 bits per heavy atom. The molecular weight excluding hydrogens is 480 g/mol. The Labute approximate surface area is 198 Å². The minimum atomic E-state index is -0.672. The molecule has 0 radical (unpaired) electrons. The molecule has 2 aromatic carbocycles. The molecule has 5 nitrogen and oxygen atoms in total. The predicted molar refractivity (Wildman–Crippen MR) is 128 cm³/mol. The largest absolute Gasteiger partial charge is 0.484 e. The topological polar surface area (TPSA) is 58.6 Å². The minimum absolute atomic E-state index is 0.0252. The van der Waals surface area contributed by atoms with Gasteiger partial charge in [0, 0.05) is 22.1 Å². The molecule has 0 heterocycles. The lowest BCUT2D eigenvalue weighted by Gasteiger charge is -2.30. The van der Waals surface area contributed by atoms with Crippen molar-refractivity contribution < 1.29 is 14.3 Å². The number of carbonyl (C=O) groups is 2. The summed E-state index contributed by atoms with van der Waals surface area (Å²) in [4.78, 5) is 27.4. The van der Waals surface area contributed by atoms with Crippen LogP contribution in [-0.4, -0.2) is 35.4 Å². The minimum Gasteiger partial charge on any atom is -0.484 e. The zero-order chi connectivity index (χ0) is 23.1. The van der Waals surface area contributed by atoms with Crippen LogP contribution in [0.4, 0.5) is 0 Å². The van der Waals surface area contributed by atoms with Crippen LogP contribution in [0, 0.1) is 13.8 Å². The first-order valence-corrected chi connectivity index (χ1v) is 11.5. The average molecular weight is 510 g/mol. The number of nitrogens with zero attached hydrogens (tertiary/aromatic N) is 1. The highest BCUT2D eigenvalue weighted by molar-refractivity contribution is 9.10. The van der Waals surface area contributed by atoms with Gasteiger partial charge in [-0.3, -0.25) is 9.59 Å². The Bertz CT molecular complexity index is 912. The van der Waals surface area contributed by atoms with E-state index in [1.165, 1.54) is 4.90 Å². The second kappa shape index (κ2) is 11.5. The summed E-state index contributed by atoms with van der Waals surface area (Å²) >= 11 is 9.85. The normalized spacial score (nSPS) is 12.7. The van der Waals surface area contributed by atoms with Gasteiger partial charge in [-0.05, 0) is 69.0 Å². The first-order chi connectivity index (χ1) is 14.6. The van der Waals surface area contributed by atoms with Crippen molar-refractivity contribution in [1.29, 1.82) is 0 Å². The van der Waals surface area contributed by atoms with E-state index in [-0.39, 0.29) is 31.0 Å². The van der Waals surface area contributed by atoms with E-state index in [0.717, 1.165) is 27.6 Å². The van der Waals surface area contributed by atoms with Gasteiger partial charge in [-0.2, -0.15) is 0 Å². The number of hydrogen-bond acceptors (Lipinski definition) is 3. The molecule has 0 aromatic heterocycles. The number of amides is 2. The van der Waals surface area contributed by atoms with Gasteiger partial charge in [0.15, 0.2) is 6.61 Å². The first kappa shape index (κ1) is 25.2. The van der Waals surface area contributed by atoms with Crippen LogP contribution in [0.25, 0.3) is 0 Å². The number of ether oxygens (including phenoxy) is 1. The maximum atomic E-state index is 13.1. The molecule has 168 valence electrons. The Morgan fingerprint density at radius 3 is 2.35 bits per heavy atom. The van der Waals surface area contributed by atoms with Crippen molar-refractivity contribution >= 4 is 39.3 Å². The van der Waals surface area contributed by atoms with E-state index in [0.29, 0.717) is 10.8 Å². The van der Waals surface area contributed by atoms with Gasteiger partial charge < -0.3 is 15.0 Å². The van der Waals surface area contributed by atoms with Crippen molar-refractivity contribution in [3.63, 3.8) is 0 Å². The summed E-state index contributed by atoms with van der Waals surface area (Å²) in [6.07, 6.45) is 0.808. The van der Waals surface area contributed by atoms with Crippen LogP contribution in [0.1, 0.15) is 43.9 Å². The molecule has 0 saturated carbocycles. The first-order valence-electron chi connectivity index (χ1n) is 10.4. The zero-order valence-corrected chi connectivity index (χ0v) is 21.0. The summed E-state index contributed by atoms with van der Waals surface area (Å²) in [6.45, 7) is 9.64. The molecule has 2 aromatic rings. The van der Waals surface area contributed by atoms with E-state index in [9.17, 15) is 9.59 Å². The third kappa shape index (κ3) is 6.97. The monoisotopic (exact) mass is 508 g/mol. The lowest BCUT2D eigenvalue weighted by atomic mass is 10.1. The van der Waals surface area contributed by atoms with Crippen molar-refractivity contribution in [2.24, 2.45) is 0 Å². The van der Waals surface area contributed by atoms with Gasteiger partial charge in [0.25, 0.3) is 5.91 Å². The van der Waals surface area contributed by atoms with Crippen molar-refractivity contribution in [1.82, 2.24) is 10.2 Å². The van der Waals surface area contributed by atoms with Gasteiger partial charge in [-0.1, -0.05) is 52.7 Å². The quantitative estimate of drug-likeness (QED) is 0.490. The molecule has 2 atom stereocenters. The van der Waals surface area contributed by atoms with Gasteiger partial charge in [-0.25, -0.2) is 0 Å². The standard InChI is InChI=1S/C24H30BrClN2O3/c1-6-17(4)27-24(30)18(5)28(13-19-9-7-8-10-21(19)26)22(29)14-31-20-11-15(2)23(25)16(3)12-20/h7-12,17-18H,6,13-14H2,1-5H3,(H,27,30)/t17-,18+/m0/s1. The Balaban J connectivity index is 2.21. The van der Waals surface area contributed by atoms with Crippen molar-refractivity contribution in [2.45, 2.75) is 59.7 Å². The second-order valence-corrected chi connectivity index (χ2v) is 8.97. The van der Waals surface area contributed by atoms with Crippen molar-refractivity contribution in [3.8, 4) is 5.75 Å². The number of carbonyl (C=O) groups excluding carboxylic acids is 2. The van der Waals surface area contributed by atoms with Crippen LogP contribution < -0.4 is 10.1 Å². The molecule has 2 amide bonds. The van der Waals surface area contributed by atoms with Crippen molar-refractivity contribution in [2.75, 3.05) is 6.61 Å². The van der Waals surface area contributed by atoms with E-state index in [4.69, 9.17) is 16.3 Å². The molecule has 31 heavy (non-hydrogen) atoms. The summed E-state index contributed by atoms with van der Waals surface area (Å²) in [6, 6.07) is 10.4. The van der Waals surface area contributed by atoms with E-state index in [1.807, 2.05) is 58.0 Å². The fraction of sp³-hybridized carbons (Fsp3) is 0.417. The van der Waals surface area contributed by atoms with Gasteiger partial charge in [0.05, 0.1) is 0 Å². The average Bonchev–Trinajstić information content (AvgIpc) is 2.74. The van der Waals surface area contributed by atoms with Gasteiger partial charge >= 0.3 is 0 Å². The molecule has 1 N–H and O–H groups in total. The molecule has 0 saturated heterocycles. The fourth-order valence-electron chi connectivity index (χ4n) is 3.08. The highest BCUT2D eigenvalue weighted by Crippen LogP contribution is 2.26. The van der Waals surface area contributed by atoms with Crippen molar-refractivity contribution in [3.05, 3.63) is 62.6 Å². The maximum absolute atomic E-state index is 13.1. The lowest BCUT2D eigenvalue weighted by Crippen LogP contribution is -2.50. The Morgan fingerprint density at radius 2 is 1.77 bits per heavy atom. The summed E-state index contributed by atoms with van der Waals surface area (Å²) < 4.78 is 6.80. The van der Waals surface area contributed by atoms with Crippen LogP contribution in [0.3, 0.4) is 0 Å². The molecule has 0 aliphatic rings. The van der Waals surface area contributed by atoms with E-state index in [2.05, 4.69) is 21.2 Å². The highest BCUT2D eigenvalue weighted by Gasteiger charge is 2.27. The van der Waals surface area contributed by atoms with Gasteiger partial charge in [-0.15, -0.1) is 0 Å². The summed E-state index contributed by atoms with van der Waals surface area (Å²) in [7, 11) is 0. The van der Waals surface area contributed by atoms with E-state index < -0.39 is 6.04 Å². The fourth-order valence-corrected chi connectivity index (χ4v) is 3.50. The molecule has 0 aliphatic carbocycles. The third-order valence-corrected chi connectivity index (χ3v) is 6.86. The molecule has 0 unspecified atom stereocenters. The van der Waals surface area contributed by atoms with Crippen LogP contribution in [0.2, 0.25) is 5.02 Å². The number of nitrogens with one attached hydrogen (secondary N) is 1. The maximum Gasteiger partial charge on any atom is 0.261 e. The second-order valence-electron chi connectivity index (χ2n) is 7.77.